The molecule has 1 fully saturated rings. The molecule has 0 atom stereocenters. The van der Waals surface area contributed by atoms with Crippen molar-refractivity contribution in [3.05, 3.63) is 23.8 Å². The van der Waals surface area contributed by atoms with Crippen LogP contribution in [0, 0.1) is 0 Å². The van der Waals surface area contributed by atoms with Crippen LogP contribution < -0.4 is 11.1 Å². The monoisotopic (exact) mass is 256 g/mol. The topological polar surface area (TPSA) is 58.3 Å². The Morgan fingerprint density at radius 1 is 1.33 bits per heavy atom. The summed E-state index contributed by atoms with van der Waals surface area (Å²) in [4.78, 5) is 0. The summed E-state index contributed by atoms with van der Waals surface area (Å²) in [6.07, 6.45) is 1.04. The Bertz CT molecular complexity index is 417. The molecule has 3 nitrogen and oxygen atoms in total. The zero-order valence-corrected chi connectivity index (χ0v) is 10.1. The molecule has 5 heteroatoms. The molecule has 1 aliphatic rings. The van der Waals surface area contributed by atoms with Gasteiger partial charge in [-0.1, -0.05) is 12.8 Å². The van der Waals surface area contributed by atoms with E-state index in [0.717, 1.165) is 25.7 Å². The third kappa shape index (κ3) is 2.56. The van der Waals surface area contributed by atoms with Crippen molar-refractivity contribution >= 4 is 11.4 Å². The number of alkyl halides is 2. The van der Waals surface area contributed by atoms with Gasteiger partial charge in [0.05, 0.1) is 12.1 Å². The quantitative estimate of drug-likeness (QED) is 0.726. The van der Waals surface area contributed by atoms with E-state index in [4.69, 9.17) is 5.73 Å². The first-order chi connectivity index (χ1) is 8.56. The summed E-state index contributed by atoms with van der Waals surface area (Å²) in [5, 5.41) is 12.6. The molecule has 4 N–H and O–H groups in total. The molecule has 0 amide bonds. The van der Waals surface area contributed by atoms with Gasteiger partial charge in [-0.15, -0.1) is 0 Å². The highest BCUT2D eigenvalue weighted by molar-refractivity contribution is 5.60. The van der Waals surface area contributed by atoms with Crippen LogP contribution >= 0.6 is 0 Å². The van der Waals surface area contributed by atoms with Crippen molar-refractivity contribution in [1.29, 1.82) is 0 Å². The molecule has 2 rings (SSSR count). The van der Waals surface area contributed by atoms with Gasteiger partial charge >= 0.3 is 0 Å². The molecule has 0 aromatic heterocycles. The molecule has 0 saturated heterocycles. The van der Waals surface area contributed by atoms with E-state index in [0.29, 0.717) is 11.4 Å². The lowest BCUT2D eigenvalue weighted by atomic mass is 9.97. The van der Waals surface area contributed by atoms with Gasteiger partial charge in [-0.3, -0.25) is 0 Å². The predicted octanol–water partition coefficient (Wildman–Crippen LogP) is 2.92. The molecule has 0 bridgehead atoms. The minimum atomic E-state index is -2.58. The third-order valence-electron chi connectivity index (χ3n) is 3.57. The van der Waals surface area contributed by atoms with Crippen molar-refractivity contribution in [2.45, 2.75) is 37.6 Å². The summed E-state index contributed by atoms with van der Waals surface area (Å²) in [5.41, 5.74) is 5.66. The van der Waals surface area contributed by atoms with E-state index in [1.54, 1.807) is 12.1 Å². The van der Waals surface area contributed by atoms with Crippen molar-refractivity contribution < 1.29 is 13.9 Å². The molecule has 0 aliphatic heterocycles. The van der Waals surface area contributed by atoms with Crippen LogP contribution in [-0.2, 0) is 0 Å². The highest BCUT2D eigenvalue weighted by Gasteiger charge is 2.34. The first-order valence-corrected chi connectivity index (χ1v) is 6.13. The van der Waals surface area contributed by atoms with Crippen molar-refractivity contribution in [3.8, 4) is 0 Å². The molecule has 100 valence electrons. The van der Waals surface area contributed by atoms with Crippen LogP contribution in [0.3, 0.4) is 0 Å². The lowest BCUT2D eigenvalue weighted by Crippen LogP contribution is -2.39. The van der Waals surface area contributed by atoms with Crippen LogP contribution in [0.2, 0.25) is 0 Å². The summed E-state index contributed by atoms with van der Waals surface area (Å²) in [6, 6.07) is 4.44. The van der Waals surface area contributed by atoms with Crippen LogP contribution in [0.5, 0.6) is 0 Å². The number of nitrogens with two attached hydrogens (primary N) is 1. The molecule has 1 aromatic carbocycles. The van der Waals surface area contributed by atoms with E-state index in [9.17, 15) is 13.9 Å². The Balaban J connectivity index is 2.27. The molecule has 0 heterocycles. The average Bonchev–Trinajstić information content (AvgIpc) is 2.80. The second-order valence-corrected chi connectivity index (χ2v) is 4.92. The van der Waals surface area contributed by atoms with Gasteiger partial charge in [0.2, 0.25) is 0 Å². The number of aliphatic hydroxyl groups is 1. The van der Waals surface area contributed by atoms with Crippen molar-refractivity contribution in [2.75, 3.05) is 17.7 Å². The normalized spacial score (nSPS) is 18.2. The number of halogens is 2. The Morgan fingerprint density at radius 3 is 2.56 bits per heavy atom. The number of nitrogen functional groups attached to an aromatic ring is 1. The number of anilines is 2. The van der Waals surface area contributed by atoms with Crippen LogP contribution in [0.15, 0.2) is 18.2 Å². The van der Waals surface area contributed by atoms with Gasteiger partial charge in [-0.25, -0.2) is 8.78 Å². The Kier molecular flexibility index (Phi) is 3.71. The minimum Gasteiger partial charge on any atom is -0.399 e. The van der Waals surface area contributed by atoms with E-state index >= 15 is 0 Å². The van der Waals surface area contributed by atoms with Crippen molar-refractivity contribution in [3.63, 3.8) is 0 Å². The number of nitrogens with one attached hydrogen (secondary N) is 1. The predicted molar refractivity (Wildman–Crippen MR) is 67.7 cm³/mol. The average molecular weight is 256 g/mol. The fourth-order valence-corrected chi connectivity index (χ4v) is 2.54. The van der Waals surface area contributed by atoms with Crippen LogP contribution in [-0.4, -0.2) is 17.3 Å². The van der Waals surface area contributed by atoms with Crippen molar-refractivity contribution in [2.24, 2.45) is 0 Å². The molecule has 1 saturated carbocycles. The highest BCUT2D eigenvalue weighted by atomic mass is 19.3. The van der Waals surface area contributed by atoms with Crippen LogP contribution in [0.25, 0.3) is 0 Å². The Labute approximate surface area is 105 Å². The van der Waals surface area contributed by atoms with E-state index < -0.39 is 12.0 Å². The smallest absolute Gasteiger partial charge is 0.265 e. The summed E-state index contributed by atoms with van der Waals surface area (Å²) >= 11 is 0. The molecule has 1 aromatic rings. The van der Waals surface area contributed by atoms with Gasteiger partial charge in [0.25, 0.3) is 6.43 Å². The zero-order valence-electron chi connectivity index (χ0n) is 10.1. The largest absolute Gasteiger partial charge is 0.399 e. The van der Waals surface area contributed by atoms with E-state index in [-0.39, 0.29) is 12.2 Å². The lowest BCUT2D eigenvalue weighted by molar-refractivity contribution is 0.151. The summed E-state index contributed by atoms with van der Waals surface area (Å²) < 4.78 is 25.9. The molecular formula is C13H18F2N2O. The molecule has 18 heavy (non-hydrogen) atoms. The van der Waals surface area contributed by atoms with Crippen LogP contribution in [0.1, 0.15) is 37.7 Å². The molecule has 0 radical (unpaired) electrons. The lowest BCUT2D eigenvalue weighted by Gasteiger charge is -2.30. The first-order valence-electron chi connectivity index (χ1n) is 6.13. The second kappa shape index (κ2) is 5.10. The molecule has 0 spiro atoms. The summed E-state index contributed by atoms with van der Waals surface area (Å²) in [6.45, 7) is -0.0416. The van der Waals surface area contributed by atoms with Gasteiger partial charge in [-0.05, 0) is 31.0 Å². The molecular weight excluding hydrogens is 238 g/mol. The van der Waals surface area contributed by atoms with E-state index in [2.05, 4.69) is 5.32 Å². The summed E-state index contributed by atoms with van der Waals surface area (Å²) in [7, 11) is 0. The molecule has 0 unspecified atom stereocenters. The fourth-order valence-electron chi connectivity index (χ4n) is 2.54. The van der Waals surface area contributed by atoms with Gasteiger partial charge < -0.3 is 16.2 Å². The maximum absolute atomic E-state index is 13.0. The first kappa shape index (κ1) is 13.1. The van der Waals surface area contributed by atoms with Gasteiger partial charge in [0.1, 0.15) is 0 Å². The molecule has 1 aliphatic carbocycles. The van der Waals surface area contributed by atoms with Crippen LogP contribution in [0.4, 0.5) is 20.2 Å². The number of rotatable bonds is 4. The standard InChI is InChI=1S/C13H18F2N2O/c14-12(15)10-7-9(16)3-4-11(10)17-13(8-18)5-1-2-6-13/h3-4,7,12,17-18H,1-2,5-6,8,16H2. The van der Waals surface area contributed by atoms with Gasteiger partial charge in [-0.2, -0.15) is 0 Å². The Hall–Kier alpha value is -1.36. The third-order valence-corrected chi connectivity index (χ3v) is 3.57. The SMILES string of the molecule is Nc1ccc(NC2(CO)CCCC2)c(C(F)F)c1. The van der Waals surface area contributed by atoms with Crippen molar-refractivity contribution in [1.82, 2.24) is 0 Å². The fraction of sp³-hybridized carbons (Fsp3) is 0.538. The van der Waals surface area contributed by atoms with E-state index in [1.807, 2.05) is 0 Å². The zero-order chi connectivity index (χ0) is 13.2. The maximum atomic E-state index is 13.0. The summed E-state index contributed by atoms with van der Waals surface area (Å²) in [5.74, 6) is 0. The Morgan fingerprint density at radius 2 is 2.00 bits per heavy atom. The number of benzene rings is 1. The number of hydrogen-bond acceptors (Lipinski definition) is 3. The number of aliphatic hydroxyl groups excluding tert-OH is 1. The minimum absolute atomic E-state index is 0.0416. The second-order valence-electron chi connectivity index (χ2n) is 4.92. The van der Waals surface area contributed by atoms with Gasteiger partial charge in [0.15, 0.2) is 0 Å². The van der Waals surface area contributed by atoms with E-state index in [1.165, 1.54) is 6.07 Å². The maximum Gasteiger partial charge on any atom is 0.265 e. The number of hydrogen-bond donors (Lipinski definition) is 3. The highest BCUT2D eigenvalue weighted by Crippen LogP contribution is 2.36. The van der Waals surface area contributed by atoms with Gasteiger partial charge in [0, 0.05) is 16.9 Å².